The minimum Gasteiger partial charge on any atom is -0.330 e. The maximum Gasteiger partial charge on any atom is 0.126 e. The fourth-order valence-corrected chi connectivity index (χ4v) is 2.98. The van der Waals surface area contributed by atoms with Crippen molar-refractivity contribution in [2.24, 2.45) is 5.73 Å². The van der Waals surface area contributed by atoms with Crippen LogP contribution in [0.15, 0.2) is 42.7 Å². The van der Waals surface area contributed by atoms with Crippen molar-refractivity contribution >= 4 is 21.6 Å². The van der Waals surface area contributed by atoms with Crippen LogP contribution in [0, 0.1) is 0 Å². The Kier molecular flexibility index (Phi) is 3.53. The van der Waals surface area contributed by atoms with Crippen LogP contribution in [0.1, 0.15) is 12.0 Å². The Morgan fingerprint density at radius 2 is 2.16 bits per heavy atom. The van der Waals surface area contributed by atoms with E-state index in [0.29, 0.717) is 0 Å². The van der Waals surface area contributed by atoms with Crippen LogP contribution in [0.4, 0.5) is 0 Å². The van der Waals surface area contributed by atoms with Gasteiger partial charge in [-0.3, -0.25) is 4.98 Å². The lowest BCUT2D eigenvalue weighted by Crippen LogP contribution is -2.00. The van der Waals surface area contributed by atoms with Crippen LogP contribution >= 0.6 is 11.3 Å². The summed E-state index contributed by atoms with van der Waals surface area (Å²) in [6.07, 6.45) is 5.67. The lowest BCUT2D eigenvalue weighted by molar-refractivity contribution is 0.833. The van der Waals surface area contributed by atoms with Gasteiger partial charge >= 0.3 is 0 Å². The van der Waals surface area contributed by atoms with Crippen molar-refractivity contribution in [3.05, 3.63) is 48.3 Å². The number of rotatable bonds is 4. The predicted molar refractivity (Wildman–Crippen MR) is 80.2 cm³/mol. The molecule has 1 aromatic carbocycles. The van der Waals surface area contributed by atoms with Gasteiger partial charge in [-0.05, 0) is 49.2 Å². The summed E-state index contributed by atoms with van der Waals surface area (Å²) in [5.74, 6) is 0. The molecule has 0 aliphatic heterocycles. The third-order valence-electron chi connectivity index (χ3n) is 3.03. The van der Waals surface area contributed by atoms with Crippen molar-refractivity contribution in [3.8, 4) is 10.6 Å². The minimum absolute atomic E-state index is 0.732. The highest BCUT2D eigenvalue weighted by Gasteiger charge is 2.06. The van der Waals surface area contributed by atoms with E-state index < -0.39 is 0 Å². The Labute approximate surface area is 116 Å². The average molecular weight is 269 g/mol. The second-order valence-electron chi connectivity index (χ2n) is 4.46. The first-order valence-electron chi connectivity index (χ1n) is 6.37. The van der Waals surface area contributed by atoms with Gasteiger partial charge < -0.3 is 5.73 Å². The largest absolute Gasteiger partial charge is 0.330 e. The maximum atomic E-state index is 5.55. The summed E-state index contributed by atoms with van der Waals surface area (Å²) in [6, 6.07) is 10.5. The van der Waals surface area contributed by atoms with Crippen LogP contribution in [0.2, 0.25) is 0 Å². The average Bonchev–Trinajstić information content (AvgIpc) is 2.89. The molecule has 2 heterocycles. The van der Waals surface area contributed by atoms with Gasteiger partial charge in [-0.2, -0.15) is 0 Å². The monoisotopic (exact) mass is 269 g/mol. The number of aryl methyl sites for hydroxylation is 1. The van der Waals surface area contributed by atoms with E-state index in [1.807, 2.05) is 18.3 Å². The molecule has 0 saturated carbocycles. The van der Waals surface area contributed by atoms with Crippen molar-refractivity contribution in [3.63, 3.8) is 0 Å². The van der Waals surface area contributed by atoms with E-state index in [1.54, 1.807) is 17.5 Å². The molecule has 0 saturated heterocycles. The number of aromatic nitrogens is 2. The highest BCUT2D eigenvalue weighted by molar-refractivity contribution is 7.21. The molecule has 2 aromatic heterocycles. The van der Waals surface area contributed by atoms with Gasteiger partial charge in [0.15, 0.2) is 0 Å². The number of benzene rings is 1. The van der Waals surface area contributed by atoms with Gasteiger partial charge in [0.05, 0.1) is 10.2 Å². The molecule has 19 heavy (non-hydrogen) atoms. The van der Waals surface area contributed by atoms with E-state index in [0.717, 1.165) is 35.5 Å². The zero-order valence-electron chi connectivity index (χ0n) is 10.5. The van der Waals surface area contributed by atoms with Crippen LogP contribution in [0.3, 0.4) is 0 Å². The van der Waals surface area contributed by atoms with Crippen LogP contribution in [0.5, 0.6) is 0 Å². The number of nitrogens with zero attached hydrogens (tertiary/aromatic N) is 2. The summed E-state index contributed by atoms with van der Waals surface area (Å²) >= 11 is 1.71. The molecular weight excluding hydrogens is 254 g/mol. The first-order chi connectivity index (χ1) is 9.36. The molecular formula is C15H15N3S. The smallest absolute Gasteiger partial charge is 0.126 e. The fourth-order valence-electron chi connectivity index (χ4n) is 2.05. The molecule has 3 rings (SSSR count). The number of fused-ring (bicyclic) bond motifs is 1. The van der Waals surface area contributed by atoms with Gasteiger partial charge in [-0.15, -0.1) is 11.3 Å². The van der Waals surface area contributed by atoms with Crippen molar-refractivity contribution < 1.29 is 0 Å². The molecule has 3 nitrogen and oxygen atoms in total. The Bertz CT molecular complexity index is 676. The molecule has 2 N–H and O–H groups in total. The van der Waals surface area contributed by atoms with Gasteiger partial charge in [0.1, 0.15) is 5.01 Å². The number of thiazole rings is 1. The van der Waals surface area contributed by atoms with E-state index in [1.165, 1.54) is 10.3 Å². The molecule has 0 aliphatic rings. The molecule has 0 radical (unpaired) electrons. The van der Waals surface area contributed by atoms with Gasteiger partial charge in [0.2, 0.25) is 0 Å². The van der Waals surface area contributed by atoms with Crippen LogP contribution in [-0.2, 0) is 6.42 Å². The zero-order chi connectivity index (χ0) is 13.1. The van der Waals surface area contributed by atoms with Crippen LogP contribution < -0.4 is 5.73 Å². The Balaban J connectivity index is 1.97. The molecule has 0 fully saturated rings. The molecule has 0 aliphatic carbocycles. The summed E-state index contributed by atoms with van der Waals surface area (Å²) in [4.78, 5) is 8.84. The van der Waals surface area contributed by atoms with Gasteiger partial charge in [0.25, 0.3) is 0 Å². The molecule has 3 aromatic rings. The molecule has 96 valence electrons. The van der Waals surface area contributed by atoms with Crippen molar-refractivity contribution in [1.29, 1.82) is 0 Å². The highest BCUT2D eigenvalue weighted by Crippen LogP contribution is 2.30. The molecule has 4 heteroatoms. The van der Waals surface area contributed by atoms with Gasteiger partial charge in [-0.1, -0.05) is 6.07 Å². The third kappa shape index (κ3) is 2.64. The maximum absolute atomic E-state index is 5.55. The molecule has 0 unspecified atom stereocenters. The third-order valence-corrected chi connectivity index (χ3v) is 4.12. The summed E-state index contributed by atoms with van der Waals surface area (Å²) < 4.78 is 1.22. The Hall–Kier alpha value is -1.78. The summed E-state index contributed by atoms with van der Waals surface area (Å²) in [7, 11) is 0. The SMILES string of the molecule is NCCCc1ccc2sc(-c3cccnc3)nc2c1. The Morgan fingerprint density at radius 3 is 2.95 bits per heavy atom. The van der Waals surface area contributed by atoms with Crippen molar-refractivity contribution in [2.45, 2.75) is 12.8 Å². The first-order valence-corrected chi connectivity index (χ1v) is 7.18. The topological polar surface area (TPSA) is 51.8 Å². The fraction of sp³-hybridized carbons (Fsp3) is 0.200. The summed E-state index contributed by atoms with van der Waals surface area (Å²) in [6.45, 7) is 0.732. The number of pyridine rings is 1. The zero-order valence-corrected chi connectivity index (χ0v) is 11.4. The molecule has 0 atom stereocenters. The number of hydrogen-bond acceptors (Lipinski definition) is 4. The standard InChI is InChI=1S/C15H15N3S/c16-7-1-3-11-5-6-14-13(9-11)18-15(19-14)12-4-2-8-17-10-12/h2,4-6,8-10H,1,3,7,16H2. The summed E-state index contributed by atoms with van der Waals surface area (Å²) in [5.41, 5.74) is 9.00. The summed E-state index contributed by atoms with van der Waals surface area (Å²) in [5, 5.41) is 1.03. The molecule has 0 amide bonds. The number of hydrogen-bond donors (Lipinski definition) is 1. The Morgan fingerprint density at radius 1 is 1.21 bits per heavy atom. The number of nitrogens with two attached hydrogens (primary N) is 1. The van der Waals surface area contributed by atoms with E-state index in [2.05, 4.69) is 23.2 Å². The quantitative estimate of drug-likeness (QED) is 0.791. The van der Waals surface area contributed by atoms with E-state index in [9.17, 15) is 0 Å². The lowest BCUT2D eigenvalue weighted by Gasteiger charge is -1.98. The second-order valence-corrected chi connectivity index (χ2v) is 5.49. The van der Waals surface area contributed by atoms with Crippen molar-refractivity contribution in [2.75, 3.05) is 6.54 Å². The minimum atomic E-state index is 0.732. The van der Waals surface area contributed by atoms with E-state index in [-0.39, 0.29) is 0 Å². The first kappa shape index (κ1) is 12.3. The highest BCUT2D eigenvalue weighted by atomic mass is 32.1. The van der Waals surface area contributed by atoms with Gasteiger partial charge in [-0.25, -0.2) is 4.98 Å². The lowest BCUT2D eigenvalue weighted by atomic mass is 10.1. The van der Waals surface area contributed by atoms with Crippen LogP contribution in [-0.4, -0.2) is 16.5 Å². The van der Waals surface area contributed by atoms with E-state index >= 15 is 0 Å². The predicted octanol–water partition coefficient (Wildman–Crippen LogP) is 3.25. The van der Waals surface area contributed by atoms with E-state index in [4.69, 9.17) is 10.7 Å². The van der Waals surface area contributed by atoms with Crippen LogP contribution in [0.25, 0.3) is 20.8 Å². The second kappa shape index (κ2) is 5.47. The molecule has 0 spiro atoms. The van der Waals surface area contributed by atoms with Crippen molar-refractivity contribution in [1.82, 2.24) is 9.97 Å². The normalized spacial score (nSPS) is 11.0. The van der Waals surface area contributed by atoms with Gasteiger partial charge in [0, 0.05) is 18.0 Å². The molecule has 0 bridgehead atoms.